The minimum absolute atomic E-state index is 0.0260. The second-order valence-electron chi connectivity index (χ2n) is 8.28. The van der Waals surface area contributed by atoms with Gasteiger partial charge in [-0.2, -0.15) is 4.98 Å². The number of allylic oxidation sites excluding steroid dienone is 4. The van der Waals surface area contributed by atoms with Crippen LogP contribution in [0.3, 0.4) is 0 Å². The minimum Gasteiger partial charge on any atom is -0.378 e. The normalized spacial score (nSPS) is 16.3. The van der Waals surface area contributed by atoms with Gasteiger partial charge in [-0.25, -0.2) is 4.98 Å². The van der Waals surface area contributed by atoms with E-state index in [0.717, 1.165) is 54.4 Å². The summed E-state index contributed by atoms with van der Waals surface area (Å²) in [6.45, 7) is 9.52. The number of anilines is 2. The van der Waals surface area contributed by atoms with Crippen LogP contribution in [0.15, 0.2) is 60.8 Å². The molecular formula is C26H31N5O2. The summed E-state index contributed by atoms with van der Waals surface area (Å²) in [5.41, 5.74) is 4.60. The van der Waals surface area contributed by atoms with Crippen molar-refractivity contribution in [2.45, 2.75) is 13.3 Å². The minimum atomic E-state index is -0.0260. The van der Waals surface area contributed by atoms with Crippen molar-refractivity contribution in [1.29, 1.82) is 0 Å². The molecule has 2 aliphatic rings. The first kappa shape index (κ1) is 22.7. The summed E-state index contributed by atoms with van der Waals surface area (Å²) in [6, 6.07) is 7.72. The summed E-state index contributed by atoms with van der Waals surface area (Å²) >= 11 is 0. The predicted octanol–water partition coefficient (Wildman–Crippen LogP) is 3.69. The average molecular weight is 446 g/mol. The van der Waals surface area contributed by atoms with E-state index in [4.69, 9.17) is 14.7 Å². The fourth-order valence-corrected chi connectivity index (χ4v) is 4.22. The molecule has 4 rings (SSSR count). The van der Waals surface area contributed by atoms with Crippen molar-refractivity contribution in [3.63, 3.8) is 0 Å². The predicted molar refractivity (Wildman–Crippen MR) is 133 cm³/mol. The Hall–Kier alpha value is -3.45. The molecule has 1 fully saturated rings. The number of rotatable bonds is 6. The number of carbonyl (C=O) groups excluding carboxylic acids is 1. The number of amides is 1. The average Bonchev–Trinajstić information content (AvgIpc) is 3.27. The molecule has 3 heterocycles. The van der Waals surface area contributed by atoms with Crippen LogP contribution in [-0.2, 0) is 11.2 Å². The molecule has 0 atom stereocenters. The molecular weight excluding hydrogens is 414 g/mol. The van der Waals surface area contributed by atoms with E-state index in [1.807, 2.05) is 43.3 Å². The van der Waals surface area contributed by atoms with Gasteiger partial charge in [0.2, 0.25) is 5.95 Å². The zero-order valence-corrected chi connectivity index (χ0v) is 19.6. The Morgan fingerprint density at radius 2 is 1.97 bits per heavy atom. The molecule has 0 spiro atoms. The Bertz CT molecular complexity index is 1100. The molecule has 1 aromatic carbocycles. The van der Waals surface area contributed by atoms with Crippen LogP contribution in [0.5, 0.6) is 0 Å². The highest BCUT2D eigenvalue weighted by Crippen LogP contribution is 2.38. The maximum absolute atomic E-state index is 12.6. The van der Waals surface area contributed by atoms with Gasteiger partial charge in [-0.3, -0.25) is 4.79 Å². The van der Waals surface area contributed by atoms with E-state index in [1.54, 1.807) is 25.1 Å². The van der Waals surface area contributed by atoms with E-state index in [2.05, 4.69) is 22.5 Å². The first-order valence-corrected chi connectivity index (χ1v) is 11.3. The topological polar surface area (TPSA) is 61.8 Å². The monoisotopic (exact) mass is 445 g/mol. The van der Waals surface area contributed by atoms with E-state index in [0.29, 0.717) is 24.7 Å². The molecule has 2 aromatic rings. The quantitative estimate of drug-likeness (QED) is 0.632. The number of hydrogen-bond donors (Lipinski definition) is 0. The molecule has 172 valence electrons. The third kappa shape index (κ3) is 4.68. The van der Waals surface area contributed by atoms with Crippen LogP contribution in [0.2, 0.25) is 0 Å². The number of aromatic nitrogens is 2. The standard InChI is InChI=1S/C26H31N5O2/c1-5-8-21(9-6-2)31-13-12-22-23(19-10-7-11-20(18-19)25(32)29(3)4)27-26(28-24(22)31)30-14-16-33-17-15-30/h5-11,18H,1,12-17H2,2-4H3/b9-6-,21-8+. The van der Waals surface area contributed by atoms with Gasteiger partial charge in [0, 0.05) is 56.1 Å². The molecule has 7 heteroatoms. The first-order valence-electron chi connectivity index (χ1n) is 11.3. The Morgan fingerprint density at radius 3 is 2.67 bits per heavy atom. The van der Waals surface area contributed by atoms with Crippen molar-refractivity contribution in [3.05, 3.63) is 72.0 Å². The maximum atomic E-state index is 12.6. The second-order valence-corrected chi connectivity index (χ2v) is 8.28. The van der Waals surface area contributed by atoms with E-state index in [1.165, 1.54) is 0 Å². The summed E-state index contributed by atoms with van der Waals surface area (Å²) in [6.07, 6.45) is 8.72. The van der Waals surface area contributed by atoms with Gasteiger partial charge in [-0.05, 0) is 37.6 Å². The molecule has 1 amide bonds. The van der Waals surface area contributed by atoms with E-state index in [-0.39, 0.29) is 5.91 Å². The molecule has 0 aliphatic carbocycles. The highest BCUT2D eigenvalue weighted by Gasteiger charge is 2.29. The summed E-state index contributed by atoms with van der Waals surface area (Å²) in [4.78, 5) is 28.6. The second kappa shape index (κ2) is 10.0. The van der Waals surface area contributed by atoms with Gasteiger partial charge in [0.25, 0.3) is 5.91 Å². The molecule has 33 heavy (non-hydrogen) atoms. The highest BCUT2D eigenvalue weighted by molar-refractivity contribution is 5.95. The number of hydrogen-bond acceptors (Lipinski definition) is 6. The summed E-state index contributed by atoms with van der Waals surface area (Å²) in [5, 5.41) is 0. The van der Waals surface area contributed by atoms with Gasteiger partial charge in [0.15, 0.2) is 0 Å². The Labute approximate surface area is 195 Å². The summed E-state index contributed by atoms with van der Waals surface area (Å²) < 4.78 is 5.54. The zero-order chi connectivity index (χ0) is 23.4. The zero-order valence-electron chi connectivity index (χ0n) is 19.6. The van der Waals surface area contributed by atoms with Crippen LogP contribution in [0.1, 0.15) is 22.8 Å². The lowest BCUT2D eigenvalue weighted by Gasteiger charge is -2.28. The molecule has 0 radical (unpaired) electrons. The van der Waals surface area contributed by atoms with Gasteiger partial charge >= 0.3 is 0 Å². The largest absolute Gasteiger partial charge is 0.378 e. The number of morpholine rings is 1. The van der Waals surface area contributed by atoms with Crippen molar-refractivity contribution in [2.24, 2.45) is 0 Å². The summed E-state index contributed by atoms with van der Waals surface area (Å²) in [5.74, 6) is 1.58. The maximum Gasteiger partial charge on any atom is 0.253 e. The van der Waals surface area contributed by atoms with Crippen LogP contribution in [0.25, 0.3) is 11.3 Å². The third-order valence-corrected chi connectivity index (χ3v) is 5.84. The molecule has 0 bridgehead atoms. The van der Waals surface area contributed by atoms with Crippen LogP contribution < -0.4 is 9.80 Å². The van der Waals surface area contributed by atoms with Crippen LogP contribution >= 0.6 is 0 Å². The van der Waals surface area contributed by atoms with Gasteiger partial charge in [0.1, 0.15) is 5.82 Å². The summed E-state index contributed by atoms with van der Waals surface area (Å²) in [7, 11) is 3.53. The number of ether oxygens (including phenoxy) is 1. The Balaban J connectivity index is 1.86. The number of carbonyl (C=O) groups is 1. The van der Waals surface area contributed by atoms with Gasteiger partial charge in [-0.1, -0.05) is 30.9 Å². The molecule has 0 saturated carbocycles. The molecule has 1 saturated heterocycles. The van der Waals surface area contributed by atoms with E-state index >= 15 is 0 Å². The molecule has 7 nitrogen and oxygen atoms in total. The van der Waals surface area contributed by atoms with Crippen molar-refractivity contribution in [1.82, 2.24) is 14.9 Å². The van der Waals surface area contributed by atoms with Crippen LogP contribution in [0, 0.1) is 0 Å². The third-order valence-electron chi connectivity index (χ3n) is 5.84. The van der Waals surface area contributed by atoms with Crippen LogP contribution in [-0.4, -0.2) is 67.7 Å². The molecule has 2 aliphatic heterocycles. The molecule has 0 N–H and O–H groups in total. The number of fused-ring (bicyclic) bond motifs is 1. The van der Waals surface area contributed by atoms with Crippen LogP contribution in [0.4, 0.5) is 11.8 Å². The van der Waals surface area contributed by atoms with Crippen molar-refractivity contribution in [3.8, 4) is 11.3 Å². The lowest BCUT2D eigenvalue weighted by molar-refractivity contribution is 0.0827. The van der Waals surface area contributed by atoms with Gasteiger partial charge in [0.05, 0.1) is 18.9 Å². The van der Waals surface area contributed by atoms with Gasteiger partial charge in [-0.15, -0.1) is 0 Å². The smallest absolute Gasteiger partial charge is 0.253 e. The fraction of sp³-hybridized carbons (Fsp3) is 0.346. The van der Waals surface area contributed by atoms with E-state index < -0.39 is 0 Å². The Morgan fingerprint density at radius 1 is 1.18 bits per heavy atom. The van der Waals surface area contributed by atoms with E-state index in [9.17, 15) is 4.79 Å². The number of nitrogens with zero attached hydrogens (tertiary/aromatic N) is 5. The lowest BCUT2D eigenvalue weighted by Crippen LogP contribution is -2.37. The number of benzene rings is 1. The van der Waals surface area contributed by atoms with Gasteiger partial charge < -0.3 is 19.4 Å². The Kier molecular flexibility index (Phi) is 6.89. The first-order chi connectivity index (χ1) is 16.0. The van der Waals surface area contributed by atoms with Crippen molar-refractivity contribution >= 4 is 17.7 Å². The van der Waals surface area contributed by atoms with Crippen molar-refractivity contribution in [2.75, 3.05) is 56.7 Å². The molecule has 1 aromatic heterocycles. The highest BCUT2D eigenvalue weighted by atomic mass is 16.5. The molecule has 0 unspecified atom stereocenters. The van der Waals surface area contributed by atoms with Crippen molar-refractivity contribution < 1.29 is 9.53 Å². The SMILES string of the molecule is C=C/C=C(\C=C/C)N1CCc2c(-c3cccc(C(=O)N(C)C)c3)nc(N3CCOCC3)nc21. The lowest BCUT2D eigenvalue weighted by atomic mass is 10.0. The fourth-order valence-electron chi connectivity index (χ4n) is 4.22.